The van der Waals surface area contributed by atoms with E-state index in [1.165, 1.54) is 24.3 Å². The van der Waals surface area contributed by atoms with Crippen molar-refractivity contribution >= 4 is 17.5 Å². The molecule has 0 aliphatic carbocycles. The molecule has 1 saturated heterocycles. The Morgan fingerprint density at radius 2 is 1.86 bits per heavy atom. The maximum absolute atomic E-state index is 12.6. The van der Waals surface area contributed by atoms with Gasteiger partial charge in [-0.3, -0.25) is 4.79 Å². The highest BCUT2D eigenvalue weighted by Gasteiger charge is 2.41. The van der Waals surface area contributed by atoms with Crippen LogP contribution < -0.4 is 9.47 Å². The molecule has 4 nitrogen and oxygen atoms in total. The zero-order valence-electron chi connectivity index (χ0n) is 15.3. The summed E-state index contributed by atoms with van der Waals surface area (Å²) in [7, 11) is 1.57. The lowest BCUT2D eigenvalue weighted by Gasteiger charge is -2.27. The summed E-state index contributed by atoms with van der Waals surface area (Å²) in [6.07, 6.45) is -4.32. The molecule has 0 spiro atoms. The second kappa shape index (κ2) is 7.91. The van der Waals surface area contributed by atoms with Crippen LogP contribution in [-0.2, 0) is 11.3 Å². The number of hydrogen-bond donors (Lipinski definition) is 0. The van der Waals surface area contributed by atoms with E-state index in [-0.39, 0.29) is 24.2 Å². The second-order valence-corrected chi connectivity index (χ2v) is 7.09. The molecule has 0 unspecified atom stereocenters. The molecule has 150 valence electrons. The van der Waals surface area contributed by atoms with Gasteiger partial charge in [0.25, 0.3) is 0 Å². The van der Waals surface area contributed by atoms with Crippen molar-refractivity contribution in [3.63, 3.8) is 0 Å². The predicted molar refractivity (Wildman–Crippen MR) is 98.4 cm³/mol. The molecule has 1 aliphatic rings. The van der Waals surface area contributed by atoms with Crippen LogP contribution in [-0.4, -0.2) is 29.7 Å². The maximum atomic E-state index is 12.6. The van der Waals surface area contributed by atoms with E-state index < -0.39 is 11.7 Å². The van der Waals surface area contributed by atoms with E-state index in [0.29, 0.717) is 17.7 Å². The van der Waals surface area contributed by atoms with Gasteiger partial charge in [-0.25, -0.2) is 0 Å². The van der Waals surface area contributed by atoms with Gasteiger partial charge in [0.05, 0.1) is 13.2 Å². The third-order valence-corrected chi connectivity index (χ3v) is 5.07. The fourth-order valence-corrected chi connectivity index (χ4v) is 3.77. The van der Waals surface area contributed by atoms with Gasteiger partial charge in [-0.1, -0.05) is 24.3 Å². The monoisotopic (exact) mass is 413 g/mol. The summed E-state index contributed by atoms with van der Waals surface area (Å²) in [6.45, 7) is 2.15. The minimum atomic E-state index is -4.75. The Kier molecular flexibility index (Phi) is 5.74. The summed E-state index contributed by atoms with van der Waals surface area (Å²) in [6, 6.07) is 10.8. The van der Waals surface area contributed by atoms with E-state index in [1.807, 2.05) is 25.1 Å². The van der Waals surface area contributed by atoms with Crippen molar-refractivity contribution in [1.29, 1.82) is 0 Å². The second-order valence-electron chi connectivity index (χ2n) is 6.57. The number of nitrogens with zero attached hydrogens (tertiary/aromatic N) is 1. The summed E-state index contributed by atoms with van der Waals surface area (Å²) in [4.78, 5) is 14.3. The van der Waals surface area contributed by atoms with E-state index >= 15 is 0 Å². The molecule has 3 rings (SSSR count). The number of likely N-dealkylation sites (tertiary alicyclic amines) is 1. The summed E-state index contributed by atoms with van der Waals surface area (Å²) in [5.74, 6) is 0.145. The van der Waals surface area contributed by atoms with Gasteiger partial charge in [0.15, 0.2) is 0 Å². The van der Waals surface area contributed by atoms with Crippen molar-refractivity contribution in [3.05, 3.63) is 59.2 Å². The van der Waals surface area contributed by atoms with Crippen molar-refractivity contribution < 1.29 is 27.4 Å². The molecule has 0 saturated carbocycles. The third kappa shape index (κ3) is 4.35. The van der Waals surface area contributed by atoms with Crippen molar-refractivity contribution in [3.8, 4) is 11.5 Å². The van der Waals surface area contributed by atoms with Crippen molar-refractivity contribution in [2.75, 3.05) is 7.11 Å². The summed E-state index contributed by atoms with van der Waals surface area (Å²) in [5, 5.41) is -0.665. The highest BCUT2D eigenvalue weighted by molar-refractivity contribution is 6.31. The molecule has 8 heteroatoms. The summed E-state index contributed by atoms with van der Waals surface area (Å²) >= 11 is 6.24. The van der Waals surface area contributed by atoms with E-state index in [1.54, 1.807) is 12.0 Å². The van der Waals surface area contributed by atoms with Crippen LogP contribution in [0.1, 0.15) is 29.2 Å². The normalized spacial score (nSPS) is 19.8. The molecule has 1 aliphatic heterocycles. The molecule has 0 bridgehead atoms. The Hall–Kier alpha value is -2.41. The van der Waals surface area contributed by atoms with Crippen LogP contribution >= 0.6 is 11.6 Å². The number of methoxy groups -OCH3 is 1. The van der Waals surface area contributed by atoms with Crippen LogP contribution in [0.5, 0.6) is 11.5 Å². The molecule has 28 heavy (non-hydrogen) atoms. The SMILES string of the molecule is COc1cccc(C)c1[C@H]1C[C@H](Cl)C(=O)N1Cc1ccc(OC(F)(F)F)cc1. The number of benzene rings is 2. The Bertz CT molecular complexity index is 855. The first-order valence-corrected chi connectivity index (χ1v) is 9.06. The quantitative estimate of drug-likeness (QED) is 0.649. The number of aryl methyl sites for hydroxylation is 1. The molecule has 1 fully saturated rings. The standard InChI is InChI=1S/C20H19ClF3NO3/c1-12-4-3-5-17(27-2)18(12)16-10-15(21)19(26)25(16)11-13-6-8-14(9-7-13)28-20(22,23)24/h3-9,15-16H,10-11H2,1-2H3/t15-,16+/m0/s1. The van der Waals surface area contributed by atoms with Crippen molar-refractivity contribution in [1.82, 2.24) is 4.90 Å². The Morgan fingerprint density at radius 3 is 2.46 bits per heavy atom. The highest BCUT2D eigenvalue weighted by atomic mass is 35.5. The number of halogens is 4. The van der Waals surface area contributed by atoms with Gasteiger partial charge < -0.3 is 14.4 Å². The number of alkyl halides is 4. The smallest absolute Gasteiger partial charge is 0.496 e. The summed E-state index contributed by atoms with van der Waals surface area (Å²) in [5.41, 5.74) is 2.53. The molecular weight excluding hydrogens is 395 g/mol. The molecule has 0 N–H and O–H groups in total. The fourth-order valence-electron chi connectivity index (χ4n) is 3.47. The first-order chi connectivity index (χ1) is 13.2. The number of hydrogen-bond acceptors (Lipinski definition) is 3. The molecule has 0 radical (unpaired) electrons. The lowest BCUT2D eigenvalue weighted by Crippen LogP contribution is -2.29. The molecule has 2 aromatic carbocycles. The van der Waals surface area contributed by atoms with Gasteiger partial charge >= 0.3 is 6.36 Å². The van der Waals surface area contributed by atoms with Gasteiger partial charge in [0, 0.05) is 12.1 Å². The van der Waals surface area contributed by atoms with Crippen LogP contribution in [0.15, 0.2) is 42.5 Å². The highest BCUT2D eigenvalue weighted by Crippen LogP contribution is 2.42. The minimum Gasteiger partial charge on any atom is -0.496 e. The number of ether oxygens (including phenoxy) is 2. The van der Waals surface area contributed by atoms with E-state index in [2.05, 4.69) is 4.74 Å². The first-order valence-electron chi connectivity index (χ1n) is 8.62. The van der Waals surface area contributed by atoms with Gasteiger partial charge in [-0.2, -0.15) is 0 Å². The van der Waals surface area contributed by atoms with Crippen LogP contribution in [0, 0.1) is 6.92 Å². The van der Waals surface area contributed by atoms with Gasteiger partial charge in [-0.05, 0) is 42.7 Å². The lowest BCUT2D eigenvalue weighted by molar-refractivity contribution is -0.274. The topological polar surface area (TPSA) is 38.8 Å². The average molecular weight is 414 g/mol. The number of carbonyl (C=O) groups is 1. The van der Waals surface area contributed by atoms with E-state index in [9.17, 15) is 18.0 Å². The molecule has 1 heterocycles. The molecular formula is C20H19ClF3NO3. The molecule has 2 atom stereocenters. The Balaban J connectivity index is 1.86. The summed E-state index contributed by atoms with van der Waals surface area (Å²) < 4.78 is 46.3. The van der Waals surface area contributed by atoms with Crippen LogP contribution in [0.4, 0.5) is 13.2 Å². The van der Waals surface area contributed by atoms with Crippen molar-refractivity contribution in [2.45, 2.75) is 37.7 Å². The lowest BCUT2D eigenvalue weighted by atomic mass is 9.97. The molecule has 1 amide bonds. The largest absolute Gasteiger partial charge is 0.573 e. The van der Waals surface area contributed by atoms with Crippen LogP contribution in [0.3, 0.4) is 0 Å². The van der Waals surface area contributed by atoms with E-state index in [4.69, 9.17) is 16.3 Å². The van der Waals surface area contributed by atoms with Gasteiger partial charge in [-0.15, -0.1) is 24.8 Å². The Morgan fingerprint density at radius 1 is 1.18 bits per heavy atom. The fraction of sp³-hybridized carbons (Fsp3) is 0.350. The number of carbonyl (C=O) groups excluding carboxylic acids is 1. The van der Waals surface area contributed by atoms with Gasteiger partial charge in [0.2, 0.25) is 5.91 Å². The number of amides is 1. The zero-order chi connectivity index (χ0) is 20.5. The maximum Gasteiger partial charge on any atom is 0.573 e. The van der Waals surface area contributed by atoms with Crippen LogP contribution in [0.25, 0.3) is 0 Å². The van der Waals surface area contributed by atoms with Crippen LogP contribution in [0.2, 0.25) is 0 Å². The van der Waals surface area contributed by atoms with E-state index in [0.717, 1.165) is 11.1 Å². The molecule has 2 aromatic rings. The zero-order valence-corrected chi connectivity index (χ0v) is 16.1. The predicted octanol–water partition coefficient (Wildman–Crippen LogP) is 4.98. The number of rotatable bonds is 5. The third-order valence-electron chi connectivity index (χ3n) is 4.70. The average Bonchev–Trinajstić information content (AvgIpc) is 2.90. The first kappa shape index (κ1) is 20.3. The van der Waals surface area contributed by atoms with Gasteiger partial charge in [0.1, 0.15) is 16.9 Å². The Labute approximate surface area is 165 Å². The van der Waals surface area contributed by atoms with Crippen molar-refractivity contribution in [2.24, 2.45) is 0 Å². The molecule has 0 aromatic heterocycles. The minimum absolute atomic E-state index is 0.215.